The number of hydrogen-bond acceptors (Lipinski definition) is 2. The third-order valence-electron chi connectivity index (χ3n) is 5.36. The van der Waals surface area contributed by atoms with Crippen molar-refractivity contribution in [2.45, 2.75) is 45.1 Å². The number of ether oxygens (including phenoxy) is 2. The van der Waals surface area contributed by atoms with E-state index in [2.05, 4.69) is 43.3 Å². The van der Waals surface area contributed by atoms with Gasteiger partial charge in [-0.1, -0.05) is 48.1 Å². The van der Waals surface area contributed by atoms with E-state index >= 15 is 0 Å². The summed E-state index contributed by atoms with van der Waals surface area (Å²) in [6.45, 7) is 4.28. The van der Waals surface area contributed by atoms with Crippen molar-refractivity contribution >= 4 is 0 Å². The van der Waals surface area contributed by atoms with Crippen LogP contribution >= 0.6 is 0 Å². The van der Waals surface area contributed by atoms with E-state index in [1.54, 1.807) is 6.92 Å². The molecule has 0 aliphatic heterocycles. The first kappa shape index (κ1) is 20.7. The highest BCUT2D eigenvalue weighted by Gasteiger charge is 2.38. The predicted molar refractivity (Wildman–Crippen MR) is 104 cm³/mol. The summed E-state index contributed by atoms with van der Waals surface area (Å²) in [5, 5.41) is 0. The van der Waals surface area contributed by atoms with Crippen LogP contribution in [0.1, 0.15) is 36.8 Å². The van der Waals surface area contributed by atoms with E-state index < -0.39 is 24.3 Å². The maximum atomic E-state index is 14.4. The van der Waals surface area contributed by atoms with Crippen LogP contribution in [0, 0.1) is 18.8 Å². The van der Waals surface area contributed by atoms with Gasteiger partial charge >= 0.3 is 0 Å². The second-order valence-corrected chi connectivity index (χ2v) is 7.40. The van der Waals surface area contributed by atoms with Crippen molar-refractivity contribution in [3.8, 4) is 0 Å². The number of halogens is 3. The zero-order valence-corrected chi connectivity index (χ0v) is 16.3. The molecular formula is C23H27F3O2. The van der Waals surface area contributed by atoms with Gasteiger partial charge in [-0.25, -0.2) is 13.2 Å². The minimum atomic E-state index is -2.85. The van der Waals surface area contributed by atoms with Crippen LogP contribution in [0.4, 0.5) is 13.2 Å². The van der Waals surface area contributed by atoms with Gasteiger partial charge in [-0.3, -0.25) is 0 Å². The van der Waals surface area contributed by atoms with Crippen LogP contribution in [0.3, 0.4) is 0 Å². The van der Waals surface area contributed by atoms with E-state index in [0.29, 0.717) is 12.5 Å². The lowest BCUT2D eigenvalue weighted by molar-refractivity contribution is -0.0326. The normalized spacial score (nSPS) is 27.5. The third-order valence-corrected chi connectivity index (χ3v) is 5.36. The first-order valence-electron chi connectivity index (χ1n) is 9.85. The van der Waals surface area contributed by atoms with Gasteiger partial charge in [0, 0.05) is 11.8 Å². The molecule has 5 heteroatoms. The van der Waals surface area contributed by atoms with E-state index in [9.17, 15) is 13.2 Å². The molecule has 1 aromatic rings. The van der Waals surface area contributed by atoms with Gasteiger partial charge < -0.3 is 9.47 Å². The molecule has 4 atom stereocenters. The quantitative estimate of drug-likeness (QED) is 0.522. The fourth-order valence-electron chi connectivity index (χ4n) is 3.72. The van der Waals surface area contributed by atoms with Crippen LogP contribution in [0.2, 0.25) is 0 Å². The number of benzene rings is 1. The van der Waals surface area contributed by atoms with Crippen molar-refractivity contribution in [2.24, 2.45) is 11.8 Å². The summed E-state index contributed by atoms with van der Waals surface area (Å²) in [5.41, 5.74) is 2.52. The van der Waals surface area contributed by atoms with Crippen molar-refractivity contribution in [3.05, 3.63) is 71.3 Å². The summed E-state index contributed by atoms with van der Waals surface area (Å²) in [5.74, 6) is -2.14. The largest absolute Gasteiger partial charge is 0.491 e. The summed E-state index contributed by atoms with van der Waals surface area (Å²) in [7, 11) is 0. The van der Waals surface area contributed by atoms with E-state index in [0.717, 1.165) is 12.8 Å². The predicted octanol–water partition coefficient (Wildman–Crippen LogP) is 6.10. The van der Waals surface area contributed by atoms with Crippen molar-refractivity contribution in [1.82, 2.24) is 0 Å². The van der Waals surface area contributed by atoms with Gasteiger partial charge in [0.25, 0.3) is 6.43 Å². The molecule has 3 rings (SSSR count). The van der Waals surface area contributed by atoms with Crippen LogP contribution in [0.15, 0.2) is 60.2 Å². The molecule has 4 unspecified atom stereocenters. The molecule has 0 bridgehead atoms. The molecule has 152 valence electrons. The Hall–Kier alpha value is -2.01. The number of rotatable bonds is 7. The monoisotopic (exact) mass is 392 g/mol. The number of hydrogen-bond donors (Lipinski definition) is 0. The first-order valence-corrected chi connectivity index (χ1v) is 9.85. The Kier molecular flexibility index (Phi) is 7.00. The number of allylic oxidation sites excluding steroid dienone is 2. The zero-order valence-electron chi connectivity index (χ0n) is 16.3. The summed E-state index contributed by atoms with van der Waals surface area (Å²) in [6, 6.07) is 8.51. The Balaban J connectivity index is 1.58. The average Bonchev–Trinajstić information content (AvgIpc) is 2.69. The minimum Gasteiger partial charge on any atom is -0.491 e. The maximum absolute atomic E-state index is 14.4. The molecule has 2 aliphatic rings. The minimum absolute atomic E-state index is 0.119. The molecule has 0 fully saturated rings. The molecule has 0 saturated heterocycles. The third kappa shape index (κ3) is 4.88. The van der Waals surface area contributed by atoms with Crippen LogP contribution in [0.25, 0.3) is 0 Å². The van der Waals surface area contributed by atoms with Crippen molar-refractivity contribution in [2.75, 3.05) is 13.2 Å². The average molecular weight is 392 g/mol. The molecule has 0 heterocycles. The fourth-order valence-corrected chi connectivity index (χ4v) is 3.72. The lowest BCUT2D eigenvalue weighted by Crippen LogP contribution is -2.33. The summed E-state index contributed by atoms with van der Waals surface area (Å²) >= 11 is 0. The smallest absolute Gasteiger partial charge is 0.250 e. The second kappa shape index (κ2) is 9.46. The van der Waals surface area contributed by atoms with Gasteiger partial charge in [0.05, 0.1) is 19.3 Å². The zero-order chi connectivity index (χ0) is 20.1. The Bertz CT molecular complexity index is 737. The molecule has 0 spiro atoms. The number of aryl methyl sites for hydroxylation is 1. The molecule has 0 saturated carbocycles. The van der Waals surface area contributed by atoms with Gasteiger partial charge in [-0.15, -0.1) is 0 Å². The van der Waals surface area contributed by atoms with E-state index in [1.165, 1.54) is 23.3 Å². The molecule has 2 nitrogen and oxygen atoms in total. The van der Waals surface area contributed by atoms with Crippen molar-refractivity contribution in [1.29, 1.82) is 0 Å². The molecule has 0 radical (unpaired) electrons. The molecule has 0 amide bonds. The molecule has 28 heavy (non-hydrogen) atoms. The number of alkyl halides is 2. The Labute approximate surface area is 164 Å². The Morgan fingerprint density at radius 2 is 1.82 bits per heavy atom. The molecule has 1 aromatic carbocycles. The Morgan fingerprint density at radius 1 is 1.07 bits per heavy atom. The maximum Gasteiger partial charge on any atom is 0.250 e. The fraction of sp³-hybridized carbons (Fsp3) is 0.478. The van der Waals surface area contributed by atoms with E-state index in [-0.39, 0.29) is 18.3 Å². The van der Waals surface area contributed by atoms with Crippen LogP contribution < -0.4 is 0 Å². The van der Waals surface area contributed by atoms with E-state index in [1.807, 2.05) is 0 Å². The summed E-state index contributed by atoms with van der Waals surface area (Å²) in [4.78, 5) is 0. The highest BCUT2D eigenvalue weighted by atomic mass is 19.3. The molecular weight excluding hydrogens is 365 g/mol. The molecule has 2 aliphatic carbocycles. The SMILES string of the molecule is CCOC1=C(F)C(C(F)F)C(OCC2C=CC(c3ccc(C)cc3)CC2)C=C1. The first-order chi connectivity index (χ1) is 13.5. The summed E-state index contributed by atoms with van der Waals surface area (Å²) in [6.07, 6.45) is 5.19. The van der Waals surface area contributed by atoms with Crippen LogP contribution in [-0.2, 0) is 9.47 Å². The van der Waals surface area contributed by atoms with E-state index in [4.69, 9.17) is 9.47 Å². The van der Waals surface area contributed by atoms with Crippen LogP contribution in [-0.4, -0.2) is 25.7 Å². The van der Waals surface area contributed by atoms with Gasteiger partial charge in [0.2, 0.25) is 0 Å². The van der Waals surface area contributed by atoms with Gasteiger partial charge in [0.15, 0.2) is 11.6 Å². The highest BCUT2D eigenvalue weighted by Crippen LogP contribution is 2.35. The molecule has 0 aromatic heterocycles. The lowest BCUT2D eigenvalue weighted by Gasteiger charge is -2.29. The van der Waals surface area contributed by atoms with Crippen LogP contribution in [0.5, 0.6) is 0 Å². The highest BCUT2D eigenvalue weighted by molar-refractivity contribution is 5.29. The van der Waals surface area contributed by atoms with Gasteiger partial charge in [-0.05, 0) is 38.3 Å². The molecule has 0 N–H and O–H groups in total. The van der Waals surface area contributed by atoms with Crippen molar-refractivity contribution < 1.29 is 22.6 Å². The Morgan fingerprint density at radius 3 is 2.43 bits per heavy atom. The topological polar surface area (TPSA) is 18.5 Å². The lowest BCUT2D eigenvalue weighted by atomic mass is 9.84. The van der Waals surface area contributed by atoms with Gasteiger partial charge in [0.1, 0.15) is 5.92 Å². The summed E-state index contributed by atoms with van der Waals surface area (Å²) < 4.78 is 52.0. The standard InChI is InChI=1S/C23H27F3O2/c1-3-27-20-13-12-19(21(22(20)24)23(25)26)28-14-16-6-10-18(11-7-16)17-8-4-15(2)5-9-17/h4-6,8-10,12-13,16,18-19,21,23H,3,7,11,14H2,1-2H3. The van der Waals surface area contributed by atoms with Gasteiger partial charge in [-0.2, -0.15) is 0 Å². The second-order valence-electron chi connectivity index (χ2n) is 7.40. The van der Waals surface area contributed by atoms with Crippen molar-refractivity contribution in [3.63, 3.8) is 0 Å².